The molecule has 3 rings (SSSR count). The maximum Gasteiger partial charge on any atom is 0.227 e. The number of methoxy groups -OCH3 is 1. The van der Waals surface area contributed by atoms with Crippen LogP contribution in [0.15, 0.2) is 48.5 Å². The van der Waals surface area contributed by atoms with E-state index in [-0.39, 0.29) is 23.1 Å². The second kappa shape index (κ2) is 9.54. The highest BCUT2D eigenvalue weighted by atomic mass is 16.5. The smallest absolute Gasteiger partial charge is 0.227 e. The third-order valence-corrected chi connectivity index (χ3v) is 5.79. The average Bonchev–Trinajstić information content (AvgIpc) is 2.87. The maximum atomic E-state index is 13.1. The third-order valence-electron chi connectivity index (χ3n) is 5.79. The highest BCUT2D eigenvalue weighted by Gasteiger charge is 2.32. The van der Waals surface area contributed by atoms with E-state index in [2.05, 4.69) is 32.9 Å². The Morgan fingerprint density at radius 1 is 1.03 bits per heavy atom. The van der Waals surface area contributed by atoms with E-state index >= 15 is 0 Å². The molecule has 31 heavy (non-hydrogen) atoms. The van der Waals surface area contributed by atoms with Crippen LogP contribution < -0.4 is 4.74 Å². The number of carbonyl (C=O) groups is 2. The van der Waals surface area contributed by atoms with E-state index in [1.807, 2.05) is 48.3 Å². The number of hydrogen-bond acceptors (Lipinski definition) is 3. The summed E-state index contributed by atoms with van der Waals surface area (Å²) in [6.07, 6.45) is 1.06. The molecule has 1 aliphatic rings. The van der Waals surface area contributed by atoms with Crippen LogP contribution in [0.3, 0.4) is 0 Å². The Labute approximate surface area is 186 Å². The first-order valence-corrected chi connectivity index (χ1v) is 10.9. The van der Waals surface area contributed by atoms with Crippen molar-refractivity contribution in [1.82, 2.24) is 9.80 Å². The molecule has 1 heterocycles. The van der Waals surface area contributed by atoms with Crippen LogP contribution in [0.5, 0.6) is 5.75 Å². The fraction of sp³-hybridized carbons (Fsp3) is 0.462. The van der Waals surface area contributed by atoms with E-state index in [0.29, 0.717) is 32.5 Å². The van der Waals surface area contributed by atoms with Gasteiger partial charge >= 0.3 is 0 Å². The maximum absolute atomic E-state index is 13.1. The molecule has 2 aromatic rings. The predicted molar refractivity (Wildman–Crippen MR) is 124 cm³/mol. The summed E-state index contributed by atoms with van der Waals surface area (Å²) < 4.78 is 5.57. The Kier molecular flexibility index (Phi) is 7.04. The van der Waals surface area contributed by atoms with E-state index in [0.717, 1.165) is 22.4 Å². The summed E-state index contributed by atoms with van der Waals surface area (Å²) in [5.74, 6) is 0.757. The number of ether oxygens (including phenoxy) is 1. The highest BCUT2D eigenvalue weighted by molar-refractivity contribution is 5.83. The Balaban J connectivity index is 1.90. The van der Waals surface area contributed by atoms with E-state index in [4.69, 9.17) is 4.74 Å². The van der Waals surface area contributed by atoms with Crippen molar-refractivity contribution >= 4 is 11.8 Å². The molecule has 2 aromatic carbocycles. The number of likely N-dealkylation sites (N-methyl/N-ethyl adjacent to an activating group) is 1. The minimum absolute atomic E-state index is 0.0781. The van der Waals surface area contributed by atoms with Crippen LogP contribution in [0.1, 0.15) is 32.8 Å². The topological polar surface area (TPSA) is 49.9 Å². The summed E-state index contributed by atoms with van der Waals surface area (Å²) in [5, 5.41) is 0. The van der Waals surface area contributed by atoms with Crippen LogP contribution in [0.25, 0.3) is 11.1 Å². The third kappa shape index (κ3) is 5.66. The highest BCUT2D eigenvalue weighted by Crippen LogP contribution is 2.33. The lowest BCUT2D eigenvalue weighted by molar-refractivity contribution is -0.134. The molecule has 0 spiro atoms. The monoisotopic (exact) mass is 422 g/mol. The molecule has 0 N–H and O–H groups in total. The Hall–Kier alpha value is -2.82. The van der Waals surface area contributed by atoms with Gasteiger partial charge in [0, 0.05) is 38.7 Å². The van der Waals surface area contributed by atoms with Crippen molar-refractivity contribution in [3.8, 4) is 16.9 Å². The molecule has 0 aromatic heterocycles. The van der Waals surface area contributed by atoms with Gasteiger partial charge in [-0.2, -0.15) is 0 Å². The summed E-state index contributed by atoms with van der Waals surface area (Å²) in [4.78, 5) is 29.7. The average molecular weight is 423 g/mol. The van der Waals surface area contributed by atoms with Gasteiger partial charge in [0.05, 0.1) is 13.0 Å². The second-order valence-electron chi connectivity index (χ2n) is 9.60. The summed E-state index contributed by atoms with van der Waals surface area (Å²) in [6.45, 7) is 7.82. The fourth-order valence-corrected chi connectivity index (χ4v) is 4.17. The molecular weight excluding hydrogens is 388 g/mol. The van der Waals surface area contributed by atoms with Crippen molar-refractivity contribution in [2.75, 3.05) is 33.8 Å². The summed E-state index contributed by atoms with van der Waals surface area (Å²) in [5.41, 5.74) is 3.08. The molecule has 5 heteroatoms. The zero-order valence-corrected chi connectivity index (χ0v) is 19.4. The van der Waals surface area contributed by atoms with Crippen molar-refractivity contribution in [1.29, 1.82) is 0 Å². The number of benzene rings is 2. The number of carbonyl (C=O) groups excluding carboxylic acids is 2. The van der Waals surface area contributed by atoms with E-state index in [1.165, 1.54) is 0 Å². The van der Waals surface area contributed by atoms with Crippen LogP contribution in [-0.4, -0.2) is 55.4 Å². The number of para-hydroxylation sites is 1. The molecule has 1 fully saturated rings. The quantitative estimate of drug-likeness (QED) is 0.724. The van der Waals surface area contributed by atoms with Crippen molar-refractivity contribution in [2.24, 2.45) is 11.3 Å². The van der Waals surface area contributed by atoms with Crippen LogP contribution in [0.2, 0.25) is 0 Å². The Bertz CT molecular complexity index is 932. The fourth-order valence-electron chi connectivity index (χ4n) is 4.17. The van der Waals surface area contributed by atoms with Gasteiger partial charge in [0.15, 0.2) is 0 Å². The molecule has 0 bridgehead atoms. The van der Waals surface area contributed by atoms with Crippen LogP contribution in [-0.2, 0) is 16.0 Å². The summed E-state index contributed by atoms with van der Waals surface area (Å²) in [7, 11) is 3.50. The number of amides is 2. The van der Waals surface area contributed by atoms with Gasteiger partial charge in [-0.15, -0.1) is 0 Å². The standard InChI is InChI=1S/C26H34N2O3/c1-26(2,3)17-24(29)28-15-14-27(4)25(30)20(18-28)16-19-10-6-7-11-21(19)22-12-8-9-13-23(22)31-5/h6-13,20H,14-18H2,1-5H3/t20-/m0/s1. The largest absolute Gasteiger partial charge is 0.496 e. The van der Waals surface area contributed by atoms with Crippen LogP contribution in [0, 0.1) is 11.3 Å². The minimum Gasteiger partial charge on any atom is -0.496 e. The first-order chi connectivity index (χ1) is 14.7. The van der Waals surface area contributed by atoms with Gasteiger partial charge in [-0.25, -0.2) is 0 Å². The first kappa shape index (κ1) is 22.9. The Morgan fingerprint density at radius 2 is 1.68 bits per heavy atom. The molecule has 1 aliphatic heterocycles. The molecule has 1 atom stereocenters. The van der Waals surface area contributed by atoms with Gasteiger partial charge in [-0.05, 0) is 29.0 Å². The minimum atomic E-state index is -0.271. The molecule has 166 valence electrons. The number of rotatable bonds is 5. The van der Waals surface area contributed by atoms with E-state index in [9.17, 15) is 9.59 Å². The first-order valence-electron chi connectivity index (χ1n) is 10.9. The summed E-state index contributed by atoms with van der Waals surface area (Å²) >= 11 is 0. The normalized spacial score (nSPS) is 17.5. The van der Waals surface area contributed by atoms with Gasteiger partial charge in [0.1, 0.15) is 5.75 Å². The lowest BCUT2D eigenvalue weighted by Gasteiger charge is -2.27. The Morgan fingerprint density at radius 3 is 2.35 bits per heavy atom. The van der Waals surface area contributed by atoms with Gasteiger partial charge in [0.25, 0.3) is 0 Å². The number of hydrogen-bond donors (Lipinski definition) is 0. The molecular formula is C26H34N2O3. The van der Waals surface area contributed by atoms with E-state index < -0.39 is 0 Å². The molecule has 2 amide bonds. The SMILES string of the molecule is COc1ccccc1-c1ccccc1C[C@H]1CN(C(=O)CC(C)(C)C)CCN(C)C1=O. The zero-order chi connectivity index (χ0) is 22.6. The molecule has 0 unspecified atom stereocenters. The molecule has 0 radical (unpaired) electrons. The lowest BCUT2D eigenvalue weighted by Crippen LogP contribution is -2.38. The molecule has 0 aliphatic carbocycles. The van der Waals surface area contributed by atoms with Gasteiger partial charge in [0.2, 0.25) is 11.8 Å². The zero-order valence-electron chi connectivity index (χ0n) is 19.4. The predicted octanol–water partition coefficient (Wildman–Crippen LogP) is 4.26. The molecule has 5 nitrogen and oxygen atoms in total. The van der Waals surface area contributed by atoms with Crippen molar-refractivity contribution in [3.63, 3.8) is 0 Å². The van der Waals surface area contributed by atoms with Crippen LogP contribution >= 0.6 is 0 Å². The second-order valence-corrected chi connectivity index (χ2v) is 9.60. The van der Waals surface area contributed by atoms with Gasteiger partial charge in [-0.1, -0.05) is 63.2 Å². The molecule has 0 saturated carbocycles. The van der Waals surface area contributed by atoms with Gasteiger partial charge in [-0.3, -0.25) is 9.59 Å². The van der Waals surface area contributed by atoms with Crippen LogP contribution in [0.4, 0.5) is 0 Å². The molecule has 1 saturated heterocycles. The van der Waals surface area contributed by atoms with Crippen molar-refractivity contribution in [2.45, 2.75) is 33.6 Å². The number of nitrogens with zero attached hydrogens (tertiary/aromatic N) is 2. The summed E-state index contributed by atoms with van der Waals surface area (Å²) in [6, 6.07) is 16.1. The van der Waals surface area contributed by atoms with Crippen molar-refractivity contribution in [3.05, 3.63) is 54.1 Å². The van der Waals surface area contributed by atoms with E-state index in [1.54, 1.807) is 12.0 Å². The van der Waals surface area contributed by atoms with Crippen molar-refractivity contribution < 1.29 is 14.3 Å². The lowest BCUT2D eigenvalue weighted by atomic mass is 9.90. The van der Waals surface area contributed by atoms with Gasteiger partial charge < -0.3 is 14.5 Å².